The lowest BCUT2D eigenvalue weighted by Gasteiger charge is -2.30. The maximum Gasteiger partial charge on any atom is 0.245 e. The zero-order valence-electron chi connectivity index (χ0n) is 32.5. The van der Waals surface area contributed by atoms with Crippen molar-refractivity contribution in [1.82, 2.24) is 36.9 Å². The average Bonchev–Trinajstić information content (AvgIpc) is 3.53. The molecule has 1 heterocycles. The molecule has 7 amide bonds. The Morgan fingerprint density at radius 1 is 0.727 bits per heavy atom. The first-order chi connectivity index (χ1) is 25.8. The molecule has 0 saturated heterocycles. The van der Waals surface area contributed by atoms with Gasteiger partial charge in [0.25, 0.3) is 0 Å². The summed E-state index contributed by atoms with van der Waals surface area (Å²) in [5.41, 5.74) is 6.80. The van der Waals surface area contributed by atoms with Gasteiger partial charge < -0.3 is 57.9 Å². The van der Waals surface area contributed by atoms with Crippen molar-refractivity contribution >= 4 is 52.3 Å². The minimum absolute atomic E-state index is 0.0140. The van der Waals surface area contributed by atoms with Crippen molar-refractivity contribution in [2.24, 2.45) is 17.6 Å². The standard InChI is InChI=1S/C37H58N8O10/c1-8-19(4)30(44-33(51)26(13-14-29(38)50)41-36(54)31(20(5)47)40-22(7)49)35(53)45-32(21(6)48)37(55)42-27(34(52)43-28(17-46)18(2)3)15-23-16-39-25-12-10-9-11-24(23)25/h9-12,16,18-21,26-28,30-32,39,46-48H,8,13-15,17H2,1-7H3,(H2,38,50)(H,40,49)(H,41,54)(H,42,55)(H,43,52)(H,44,51)(H,45,53)/t19-,20+,21+,26-,27-,28+,30-,31-,32-/m0/s1. The molecular formula is C37H58N8O10. The quantitative estimate of drug-likeness (QED) is 0.0649. The summed E-state index contributed by atoms with van der Waals surface area (Å²) < 4.78 is 0. The summed E-state index contributed by atoms with van der Waals surface area (Å²) >= 11 is 0. The number of carbonyl (C=O) groups excluding carboxylic acids is 7. The van der Waals surface area contributed by atoms with E-state index in [0.717, 1.165) is 17.8 Å². The summed E-state index contributed by atoms with van der Waals surface area (Å²) in [6.07, 6.45) is -1.40. The maximum atomic E-state index is 13.8. The van der Waals surface area contributed by atoms with E-state index in [-0.39, 0.29) is 31.8 Å². The number of para-hydroxylation sites is 1. The number of nitrogens with one attached hydrogen (secondary N) is 7. The SMILES string of the molecule is CC[C@H](C)[C@H](NC(=O)[C@H](CCC(N)=O)NC(=O)[C@@H](NC(C)=O)[C@@H](C)O)C(=O)N[C@H](C(=O)N[C@@H](Cc1c[nH]c2ccccc12)C(=O)N[C@H](CO)C(C)C)[C@@H](C)O. The molecule has 0 bridgehead atoms. The number of primary amides is 1. The lowest BCUT2D eigenvalue weighted by Crippen LogP contribution is -2.62. The highest BCUT2D eigenvalue weighted by molar-refractivity contribution is 5.97. The summed E-state index contributed by atoms with van der Waals surface area (Å²) in [5.74, 6) is -6.34. The number of hydrogen-bond donors (Lipinski definition) is 11. The number of fused-ring (bicyclic) bond motifs is 1. The zero-order chi connectivity index (χ0) is 41.6. The smallest absolute Gasteiger partial charge is 0.245 e. The van der Waals surface area contributed by atoms with Gasteiger partial charge in [-0.05, 0) is 43.7 Å². The van der Waals surface area contributed by atoms with Gasteiger partial charge in [0, 0.05) is 36.9 Å². The topological polar surface area (TPSA) is 294 Å². The molecule has 0 spiro atoms. The van der Waals surface area contributed by atoms with Gasteiger partial charge in [-0.1, -0.05) is 52.3 Å². The highest BCUT2D eigenvalue weighted by Crippen LogP contribution is 2.20. The summed E-state index contributed by atoms with van der Waals surface area (Å²) in [6.45, 7) is 10.3. The van der Waals surface area contributed by atoms with Crippen LogP contribution in [0.4, 0.5) is 0 Å². The Morgan fingerprint density at radius 2 is 1.25 bits per heavy atom. The lowest BCUT2D eigenvalue weighted by atomic mass is 9.96. The molecule has 0 aliphatic heterocycles. The molecule has 1 aromatic heterocycles. The second-order valence-electron chi connectivity index (χ2n) is 14.3. The van der Waals surface area contributed by atoms with Gasteiger partial charge in [0.1, 0.15) is 30.2 Å². The van der Waals surface area contributed by atoms with Crippen LogP contribution in [0, 0.1) is 11.8 Å². The third-order valence-corrected chi connectivity index (χ3v) is 9.35. The molecule has 0 aliphatic rings. The predicted octanol–water partition coefficient (Wildman–Crippen LogP) is -1.64. The number of aliphatic hydroxyl groups excluding tert-OH is 3. The van der Waals surface area contributed by atoms with Gasteiger partial charge in [0.2, 0.25) is 41.4 Å². The largest absolute Gasteiger partial charge is 0.394 e. The van der Waals surface area contributed by atoms with Gasteiger partial charge >= 0.3 is 0 Å². The van der Waals surface area contributed by atoms with E-state index in [1.54, 1.807) is 20.0 Å². The van der Waals surface area contributed by atoms with E-state index < -0.39 is 95.7 Å². The van der Waals surface area contributed by atoms with Crippen LogP contribution in [-0.2, 0) is 40.0 Å². The van der Waals surface area contributed by atoms with Crippen LogP contribution < -0.4 is 37.6 Å². The molecule has 55 heavy (non-hydrogen) atoms. The number of carbonyl (C=O) groups is 7. The molecular weight excluding hydrogens is 716 g/mol. The van der Waals surface area contributed by atoms with E-state index in [2.05, 4.69) is 36.9 Å². The number of aromatic nitrogens is 1. The molecule has 18 heteroatoms. The molecule has 2 aromatic rings. The summed E-state index contributed by atoms with van der Waals surface area (Å²) in [4.78, 5) is 94.3. The van der Waals surface area contributed by atoms with E-state index in [1.807, 2.05) is 38.1 Å². The number of H-pyrrole nitrogens is 1. The summed E-state index contributed by atoms with van der Waals surface area (Å²) in [6, 6.07) is -0.287. The van der Waals surface area contributed by atoms with Crippen LogP contribution in [0.3, 0.4) is 0 Å². The minimum Gasteiger partial charge on any atom is -0.394 e. The van der Waals surface area contributed by atoms with Crippen LogP contribution in [0.15, 0.2) is 30.5 Å². The number of benzene rings is 1. The van der Waals surface area contributed by atoms with E-state index in [0.29, 0.717) is 12.0 Å². The molecule has 12 N–H and O–H groups in total. The first-order valence-corrected chi connectivity index (χ1v) is 18.4. The number of amides is 7. The Bertz CT molecular complexity index is 1640. The molecule has 0 saturated carbocycles. The number of hydrogen-bond acceptors (Lipinski definition) is 10. The van der Waals surface area contributed by atoms with Gasteiger partial charge in [-0.3, -0.25) is 33.6 Å². The Balaban J connectivity index is 2.37. The number of nitrogens with two attached hydrogens (primary N) is 1. The lowest BCUT2D eigenvalue weighted by molar-refractivity contribution is -0.137. The summed E-state index contributed by atoms with van der Waals surface area (Å²) in [5, 5.41) is 46.6. The van der Waals surface area contributed by atoms with Crippen molar-refractivity contribution in [3.8, 4) is 0 Å². The fraction of sp³-hybridized carbons (Fsp3) is 0.595. The number of rotatable bonds is 22. The van der Waals surface area contributed by atoms with Crippen LogP contribution in [0.25, 0.3) is 10.9 Å². The van der Waals surface area contributed by atoms with Crippen LogP contribution in [-0.4, -0.2) is 117 Å². The first kappa shape index (κ1) is 46.1. The van der Waals surface area contributed by atoms with E-state index in [4.69, 9.17) is 5.73 Å². The number of aliphatic hydroxyl groups is 3. The molecule has 0 aliphatic carbocycles. The highest BCUT2D eigenvalue weighted by Gasteiger charge is 2.36. The molecule has 306 valence electrons. The van der Waals surface area contributed by atoms with Gasteiger partial charge in [-0.2, -0.15) is 0 Å². The van der Waals surface area contributed by atoms with Gasteiger partial charge in [-0.15, -0.1) is 0 Å². The molecule has 18 nitrogen and oxygen atoms in total. The van der Waals surface area contributed by atoms with E-state index in [1.165, 1.54) is 13.8 Å². The minimum atomic E-state index is -1.61. The van der Waals surface area contributed by atoms with Crippen LogP contribution in [0.2, 0.25) is 0 Å². The fourth-order valence-electron chi connectivity index (χ4n) is 5.74. The predicted molar refractivity (Wildman–Crippen MR) is 202 cm³/mol. The molecule has 0 radical (unpaired) electrons. The van der Waals surface area contributed by atoms with Crippen LogP contribution in [0.5, 0.6) is 0 Å². The first-order valence-electron chi connectivity index (χ1n) is 18.4. The normalized spacial score (nSPS) is 16.3. The molecule has 1 aromatic carbocycles. The molecule has 0 unspecified atom stereocenters. The van der Waals surface area contributed by atoms with Crippen molar-refractivity contribution in [3.05, 3.63) is 36.0 Å². The maximum absolute atomic E-state index is 13.8. The van der Waals surface area contributed by atoms with Gasteiger partial charge in [0.15, 0.2) is 0 Å². The molecule has 9 atom stereocenters. The number of aromatic amines is 1. The van der Waals surface area contributed by atoms with Gasteiger partial charge in [0.05, 0.1) is 24.9 Å². The van der Waals surface area contributed by atoms with Crippen LogP contribution >= 0.6 is 0 Å². The second-order valence-corrected chi connectivity index (χ2v) is 14.3. The Labute approximate surface area is 320 Å². The zero-order valence-corrected chi connectivity index (χ0v) is 32.5. The average molecular weight is 775 g/mol. The van der Waals surface area contributed by atoms with Crippen molar-refractivity contribution in [3.63, 3.8) is 0 Å². The second kappa shape index (κ2) is 21.7. The van der Waals surface area contributed by atoms with Gasteiger partial charge in [-0.25, -0.2) is 0 Å². The third kappa shape index (κ3) is 13.9. The third-order valence-electron chi connectivity index (χ3n) is 9.35. The Hall–Kier alpha value is -5.07. The Morgan fingerprint density at radius 3 is 1.78 bits per heavy atom. The van der Waals surface area contributed by atoms with Crippen molar-refractivity contribution in [1.29, 1.82) is 0 Å². The monoisotopic (exact) mass is 774 g/mol. The fourth-order valence-corrected chi connectivity index (χ4v) is 5.74. The molecule has 2 rings (SSSR count). The summed E-state index contributed by atoms with van der Waals surface area (Å²) in [7, 11) is 0. The van der Waals surface area contributed by atoms with Crippen LogP contribution in [0.1, 0.15) is 73.3 Å². The van der Waals surface area contributed by atoms with Crippen molar-refractivity contribution in [2.45, 2.75) is 123 Å². The van der Waals surface area contributed by atoms with Crippen molar-refractivity contribution in [2.75, 3.05) is 6.61 Å². The Kier molecular flexibility index (Phi) is 18.2. The van der Waals surface area contributed by atoms with Crippen molar-refractivity contribution < 1.29 is 48.9 Å². The van der Waals surface area contributed by atoms with E-state index >= 15 is 0 Å². The molecule has 0 fully saturated rings. The van der Waals surface area contributed by atoms with E-state index in [9.17, 15) is 48.9 Å². The highest BCUT2D eigenvalue weighted by atomic mass is 16.3.